The Morgan fingerprint density at radius 3 is 2.68 bits per heavy atom. The van der Waals surface area contributed by atoms with E-state index in [-0.39, 0.29) is 17.3 Å². The zero-order valence-electron chi connectivity index (χ0n) is 17.5. The number of ketones is 1. The first-order valence-electron chi connectivity index (χ1n) is 11.0. The van der Waals surface area contributed by atoms with E-state index in [1.807, 2.05) is 6.92 Å². The van der Waals surface area contributed by atoms with Crippen LogP contribution in [0.2, 0.25) is 0 Å². The van der Waals surface area contributed by atoms with Gasteiger partial charge in [-0.3, -0.25) is 9.59 Å². The standard InChI is InChI=1S/C25H25NO5/c1-14-21(25(29)31-15-7-2-3-8-15)22(23-18(26-14)10-6-11-19(23)27)17-13-30-20-12-5-4-9-16(20)24(17)28/h4-5,9,12-13,15,22,26H,2-3,6-8,10-11H2,1H3/t22-/m0/s1. The molecular formula is C25H25NO5. The van der Waals surface area contributed by atoms with Crippen LogP contribution in [-0.2, 0) is 14.3 Å². The number of Topliss-reactive ketones (excluding diaryl/α,β-unsaturated/α-hetero) is 1. The van der Waals surface area contributed by atoms with E-state index in [4.69, 9.17) is 9.15 Å². The van der Waals surface area contributed by atoms with Gasteiger partial charge in [0.2, 0.25) is 0 Å². The zero-order valence-corrected chi connectivity index (χ0v) is 17.5. The van der Waals surface area contributed by atoms with Crippen molar-refractivity contribution in [1.29, 1.82) is 0 Å². The van der Waals surface area contributed by atoms with Crippen molar-refractivity contribution >= 4 is 22.7 Å². The van der Waals surface area contributed by atoms with E-state index in [0.29, 0.717) is 46.2 Å². The van der Waals surface area contributed by atoms with Crippen LogP contribution in [-0.4, -0.2) is 17.9 Å². The summed E-state index contributed by atoms with van der Waals surface area (Å²) in [6.45, 7) is 1.81. The van der Waals surface area contributed by atoms with Gasteiger partial charge in [0.25, 0.3) is 0 Å². The number of ether oxygens (including phenoxy) is 1. The van der Waals surface area contributed by atoms with Gasteiger partial charge < -0.3 is 14.5 Å². The number of hydrogen-bond acceptors (Lipinski definition) is 6. The molecule has 1 saturated carbocycles. The van der Waals surface area contributed by atoms with Gasteiger partial charge in [-0.25, -0.2) is 4.79 Å². The maximum atomic E-state index is 13.4. The largest absolute Gasteiger partial charge is 0.464 e. The van der Waals surface area contributed by atoms with Crippen LogP contribution in [0.4, 0.5) is 0 Å². The van der Waals surface area contributed by atoms with Crippen LogP contribution in [0.5, 0.6) is 0 Å². The minimum atomic E-state index is -0.779. The van der Waals surface area contributed by atoms with Gasteiger partial charge in [-0.1, -0.05) is 12.1 Å². The number of allylic oxidation sites excluding steroid dienone is 3. The maximum Gasteiger partial charge on any atom is 0.337 e. The Hall–Kier alpha value is -3.15. The summed E-state index contributed by atoms with van der Waals surface area (Å²) in [5, 5.41) is 3.70. The highest BCUT2D eigenvalue weighted by Gasteiger charge is 2.41. The van der Waals surface area contributed by atoms with Crippen LogP contribution < -0.4 is 10.7 Å². The lowest BCUT2D eigenvalue weighted by Crippen LogP contribution is -2.36. The quantitative estimate of drug-likeness (QED) is 0.749. The van der Waals surface area contributed by atoms with E-state index < -0.39 is 11.9 Å². The van der Waals surface area contributed by atoms with Crippen LogP contribution >= 0.6 is 0 Å². The minimum absolute atomic E-state index is 0.0371. The molecule has 1 aromatic heterocycles. The Kier molecular flexibility index (Phi) is 5.00. The minimum Gasteiger partial charge on any atom is -0.464 e. The Morgan fingerprint density at radius 2 is 1.87 bits per heavy atom. The molecule has 0 radical (unpaired) electrons. The molecule has 0 unspecified atom stereocenters. The second-order valence-corrected chi connectivity index (χ2v) is 8.59. The van der Waals surface area contributed by atoms with E-state index >= 15 is 0 Å². The molecule has 2 aromatic rings. The van der Waals surface area contributed by atoms with Crippen molar-refractivity contribution in [2.45, 2.75) is 63.9 Å². The monoisotopic (exact) mass is 419 g/mol. The fourth-order valence-corrected chi connectivity index (χ4v) is 5.08. The predicted octanol–water partition coefficient (Wildman–Crippen LogP) is 4.25. The van der Waals surface area contributed by atoms with E-state index in [1.54, 1.807) is 24.3 Å². The highest BCUT2D eigenvalue weighted by Crippen LogP contribution is 2.42. The number of fused-ring (bicyclic) bond motifs is 1. The highest BCUT2D eigenvalue weighted by molar-refractivity contribution is 6.04. The molecule has 1 N–H and O–H groups in total. The van der Waals surface area contributed by atoms with Crippen molar-refractivity contribution in [1.82, 2.24) is 5.32 Å². The molecule has 2 aliphatic carbocycles. The summed E-state index contributed by atoms with van der Waals surface area (Å²) in [7, 11) is 0. The summed E-state index contributed by atoms with van der Waals surface area (Å²) >= 11 is 0. The molecule has 0 spiro atoms. The Labute approximate surface area is 180 Å². The number of nitrogens with one attached hydrogen (secondary N) is 1. The van der Waals surface area contributed by atoms with Crippen molar-refractivity contribution in [3.8, 4) is 0 Å². The third-order valence-electron chi connectivity index (χ3n) is 6.59. The van der Waals surface area contributed by atoms with Gasteiger partial charge in [0, 0.05) is 29.0 Å². The first kappa shape index (κ1) is 19.8. The van der Waals surface area contributed by atoms with Crippen LogP contribution in [0.15, 0.2) is 62.3 Å². The summed E-state index contributed by atoms with van der Waals surface area (Å²) in [4.78, 5) is 39.8. The summed E-state index contributed by atoms with van der Waals surface area (Å²) in [5.74, 6) is -1.27. The number of carbonyl (C=O) groups excluding carboxylic acids is 2. The first-order valence-corrected chi connectivity index (χ1v) is 11.0. The van der Waals surface area contributed by atoms with Gasteiger partial charge in [0.15, 0.2) is 11.2 Å². The molecule has 0 amide bonds. The molecule has 5 rings (SSSR count). The lowest BCUT2D eigenvalue weighted by Gasteiger charge is -2.34. The summed E-state index contributed by atoms with van der Waals surface area (Å²) in [6, 6.07) is 7.01. The average molecular weight is 419 g/mol. The van der Waals surface area contributed by atoms with Crippen molar-refractivity contribution in [3.05, 3.63) is 68.9 Å². The van der Waals surface area contributed by atoms with Crippen LogP contribution in [0.1, 0.15) is 63.4 Å². The van der Waals surface area contributed by atoms with Gasteiger partial charge >= 0.3 is 5.97 Å². The van der Waals surface area contributed by atoms with Gasteiger partial charge in [-0.2, -0.15) is 0 Å². The molecule has 0 saturated heterocycles. The zero-order chi connectivity index (χ0) is 21.5. The second-order valence-electron chi connectivity index (χ2n) is 8.59. The lowest BCUT2D eigenvalue weighted by atomic mass is 9.75. The van der Waals surface area contributed by atoms with Crippen molar-refractivity contribution < 1.29 is 18.7 Å². The molecule has 160 valence electrons. The number of benzene rings is 1. The van der Waals surface area contributed by atoms with Crippen molar-refractivity contribution in [2.24, 2.45) is 0 Å². The first-order chi connectivity index (χ1) is 15.0. The van der Waals surface area contributed by atoms with E-state index in [0.717, 1.165) is 37.8 Å². The molecule has 1 aromatic carbocycles. The average Bonchev–Trinajstić information content (AvgIpc) is 3.26. The third-order valence-corrected chi connectivity index (χ3v) is 6.59. The van der Waals surface area contributed by atoms with Crippen LogP contribution in [0.25, 0.3) is 11.0 Å². The predicted molar refractivity (Wildman–Crippen MR) is 115 cm³/mol. The third kappa shape index (κ3) is 3.40. The molecule has 0 bridgehead atoms. The number of carbonyl (C=O) groups is 2. The number of dihydropyridines is 1. The van der Waals surface area contributed by atoms with Gasteiger partial charge in [-0.05, 0) is 57.6 Å². The molecule has 6 nitrogen and oxygen atoms in total. The van der Waals surface area contributed by atoms with Gasteiger partial charge in [0.05, 0.1) is 23.1 Å². The second kappa shape index (κ2) is 7.84. The highest BCUT2D eigenvalue weighted by atomic mass is 16.5. The summed E-state index contributed by atoms with van der Waals surface area (Å²) in [5.41, 5.74) is 2.82. The molecule has 3 aliphatic rings. The van der Waals surface area contributed by atoms with Crippen molar-refractivity contribution in [3.63, 3.8) is 0 Å². The molecule has 1 aliphatic heterocycles. The maximum absolute atomic E-state index is 13.4. The van der Waals surface area contributed by atoms with Crippen LogP contribution in [0.3, 0.4) is 0 Å². The lowest BCUT2D eigenvalue weighted by molar-refractivity contribution is -0.144. The Morgan fingerprint density at radius 1 is 1.10 bits per heavy atom. The normalized spacial score (nSPS) is 22.0. The molecule has 6 heteroatoms. The van der Waals surface area contributed by atoms with E-state index in [9.17, 15) is 14.4 Å². The summed E-state index contributed by atoms with van der Waals surface area (Å²) in [6.07, 6.45) is 6.93. The molecule has 1 atom stereocenters. The van der Waals surface area contributed by atoms with Crippen molar-refractivity contribution in [2.75, 3.05) is 0 Å². The molecule has 1 fully saturated rings. The molecular weight excluding hydrogens is 394 g/mol. The SMILES string of the molecule is CC1=C(C(=O)OC2CCCC2)[C@H](c2coc3ccccc3c2=O)C2=C(CCCC2=O)N1. The summed E-state index contributed by atoms with van der Waals surface area (Å²) < 4.78 is 11.6. The Balaban J connectivity index is 1.66. The number of esters is 1. The van der Waals surface area contributed by atoms with Gasteiger partial charge in [-0.15, -0.1) is 0 Å². The smallest absolute Gasteiger partial charge is 0.337 e. The Bertz CT molecular complexity index is 1200. The number of hydrogen-bond donors (Lipinski definition) is 1. The topological polar surface area (TPSA) is 85.6 Å². The van der Waals surface area contributed by atoms with Gasteiger partial charge in [0.1, 0.15) is 11.7 Å². The number of para-hydroxylation sites is 1. The molecule has 31 heavy (non-hydrogen) atoms. The fraction of sp³-hybridized carbons (Fsp3) is 0.400. The number of rotatable bonds is 3. The molecule has 2 heterocycles. The van der Waals surface area contributed by atoms with Crippen LogP contribution in [0, 0.1) is 0 Å². The van der Waals surface area contributed by atoms with E-state index in [2.05, 4.69) is 5.32 Å². The fourth-order valence-electron chi connectivity index (χ4n) is 5.08. The van der Waals surface area contributed by atoms with E-state index in [1.165, 1.54) is 6.26 Å².